The average Bonchev–Trinajstić information content (AvgIpc) is 3.12. The highest BCUT2D eigenvalue weighted by molar-refractivity contribution is 5.89. The van der Waals surface area contributed by atoms with Gasteiger partial charge in [0, 0.05) is 12.3 Å². The van der Waals surface area contributed by atoms with E-state index in [0.717, 1.165) is 18.4 Å². The van der Waals surface area contributed by atoms with Crippen LogP contribution in [0.3, 0.4) is 0 Å². The number of aromatic amines is 3. The lowest BCUT2D eigenvalue weighted by molar-refractivity contribution is 0.0459. The summed E-state index contributed by atoms with van der Waals surface area (Å²) in [6.45, 7) is -0.152. The molecule has 0 spiro atoms. The van der Waals surface area contributed by atoms with Crippen LogP contribution in [0.2, 0.25) is 0 Å². The smallest absolute Gasteiger partial charge is 0.355 e. The van der Waals surface area contributed by atoms with E-state index >= 15 is 0 Å². The van der Waals surface area contributed by atoms with E-state index in [2.05, 4.69) is 9.97 Å². The Morgan fingerprint density at radius 2 is 2.10 bits per heavy atom. The van der Waals surface area contributed by atoms with Crippen molar-refractivity contribution in [3.63, 3.8) is 0 Å². The minimum Gasteiger partial charge on any atom is -0.455 e. The molecule has 2 aromatic heterocycles. The minimum absolute atomic E-state index is 0.152. The number of rotatable bonds is 4. The minimum atomic E-state index is -0.623. The summed E-state index contributed by atoms with van der Waals surface area (Å²) in [5, 5.41) is 0. The highest BCUT2D eigenvalue weighted by Gasteiger charge is 2.29. The van der Waals surface area contributed by atoms with E-state index in [1.54, 1.807) is 6.20 Å². The van der Waals surface area contributed by atoms with Crippen molar-refractivity contribution in [1.29, 1.82) is 0 Å². The third kappa shape index (κ3) is 2.56. The molecule has 1 fully saturated rings. The first-order chi connectivity index (χ1) is 9.63. The van der Waals surface area contributed by atoms with Gasteiger partial charge in [-0.1, -0.05) is 0 Å². The number of aromatic nitrogens is 3. The molecule has 7 nitrogen and oxygen atoms in total. The number of carbonyl (C=O) groups excluding carboxylic acids is 1. The molecule has 0 amide bonds. The third-order valence-corrected chi connectivity index (χ3v) is 3.18. The van der Waals surface area contributed by atoms with E-state index in [1.807, 2.05) is 11.1 Å². The highest BCUT2D eigenvalue weighted by atomic mass is 16.5. The van der Waals surface area contributed by atoms with Gasteiger partial charge in [0.25, 0.3) is 5.56 Å². The molecule has 1 aliphatic rings. The Balaban J connectivity index is 1.71. The summed E-state index contributed by atoms with van der Waals surface area (Å²) in [5.41, 5.74) is 0.515. The molecule has 1 saturated carbocycles. The van der Waals surface area contributed by atoms with Gasteiger partial charge in [0.2, 0.25) is 0 Å². The van der Waals surface area contributed by atoms with Crippen molar-refractivity contribution in [2.75, 3.05) is 0 Å². The summed E-state index contributed by atoms with van der Waals surface area (Å²) >= 11 is 0. The van der Waals surface area contributed by atoms with E-state index in [1.165, 1.54) is 6.07 Å². The second kappa shape index (κ2) is 4.84. The van der Waals surface area contributed by atoms with Crippen LogP contribution in [0, 0.1) is 0 Å². The Bertz CT molecular complexity index is 723. The molecule has 0 aliphatic heterocycles. The maximum absolute atomic E-state index is 12.0. The molecule has 0 atom stereocenters. The lowest BCUT2D eigenvalue weighted by atomic mass is 10.1. The monoisotopic (exact) mass is 275 g/mol. The van der Waals surface area contributed by atoms with Gasteiger partial charge in [-0.15, -0.1) is 0 Å². The fourth-order valence-corrected chi connectivity index (χ4v) is 2.11. The lowest BCUT2D eigenvalue weighted by Gasteiger charge is -2.05. The first-order valence-corrected chi connectivity index (χ1v) is 6.30. The lowest BCUT2D eigenvalue weighted by Crippen LogP contribution is -2.23. The Kier molecular flexibility index (Phi) is 3.02. The van der Waals surface area contributed by atoms with E-state index in [-0.39, 0.29) is 12.3 Å². The predicted octanol–water partition coefficient (Wildman–Crippen LogP) is 0.626. The van der Waals surface area contributed by atoms with Crippen LogP contribution < -0.4 is 11.2 Å². The molecule has 2 aromatic rings. The summed E-state index contributed by atoms with van der Waals surface area (Å²) < 4.78 is 5.11. The molecule has 0 radical (unpaired) electrons. The molecule has 2 heterocycles. The van der Waals surface area contributed by atoms with E-state index in [9.17, 15) is 14.4 Å². The van der Waals surface area contributed by atoms with Crippen LogP contribution in [0.15, 0.2) is 27.9 Å². The Hall–Kier alpha value is -2.57. The zero-order valence-corrected chi connectivity index (χ0v) is 10.6. The van der Waals surface area contributed by atoms with Gasteiger partial charge < -0.3 is 14.7 Å². The van der Waals surface area contributed by atoms with Crippen LogP contribution >= 0.6 is 0 Å². The first-order valence-electron chi connectivity index (χ1n) is 6.30. The zero-order valence-electron chi connectivity index (χ0n) is 10.6. The molecule has 0 unspecified atom stereocenters. The van der Waals surface area contributed by atoms with Gasteiger partial charge >= 0.3 is 11.7 Å². The molecule has 20 heavy (non-hydrogen) atoms. The van der Waals surface area contributed by atoms with Crippen LogP contribution in [-0.2, 0) is 11.3 Å². The number of hydrogen-bond donors (Lipinski definition) is 3. The van der Waals surface area contributed by atoms with Crippen molar-refractivity contribution in [3.05, 3.63) is 56.1 Å². The van der Waals surface area contributed by atoms with Gasteiger partial charge in [-0.05, 0) is 30.4 Å². The van der Waals surface area contributed by atoms with Gasteiger partial charge in [0.1, 0.15) is 12.3 Å². The van der Waals surface area contributed by atoms with E-state index < -0.39 is 17.2 Å². The van der Waals surface area contributed by atoms with Gasteiger partial charge in [-0.2, -0.15) is 0 Å². The number of esters is 1. The van der Waals surface area contributed by atoms with E-state index in [4.69, 9.17) is 4.74 Å². The molecule has 0 bridgehead atoms. The van der Waals surface area contributed by atoms with Crippen LogP contribution in [-0.4, -0.2) is 20.9 Å². The first kappa shape index (κ1) is 12.5. The maximum Gasteiger partial charge on any atom is 0.355 e. The molecule has 0 aromatic carbocycles. The fourth-order valence-electron chi connectivity index (χ4n) is 2.11. The SMILES string of the molecule is O=C(OCc1cc(=O)[nH]c(=O)[nH]1)c1[nH]ccc1C1CC1. The summed E-state index contributed by atoms with van der Waals surface area (Å²) in [5.74, 6) is -0.0544. The maximum atomic E-state index is 12.0. The predicted molar refractivity (Wildman–Crippen MR) is 69.6 cm³/mol. The number of hydrogen-bond acceptors (Lipinski definition) is 4. The number of ether oxygens (including phenoxy) is 1. The third-order valence-electron chi connectivity index (χ3n) is 3.18. The second-order valence-corrected chi connectivity index (χ2v) is 4.77. The summed E-state index contributed by atoms with van der Waals surface area (Å²) in [4.78, 5) is 41.5. The number of carbonyl (C=O) groups is 1. The van der Waals surface area contributed by atoms with Crippen molar-refractivity contribution in [2.45, 2.75) is 25.4 Å². The normalized spacial score (nSPS) is 14.2. The molecule has 1 aliphatic carbocycles. The molecular formula is C13H13N3O4. The quantitative estimate of drug-likeness (QED) is 0.711. The van der Waals surface area contributed by atoms with Crippen LogP contribution in [0.1, 0.15) is 40.5 Å². The van der Waals surface area contributed by atoms with Gasteiger partial charge in [0.05, 0.1) is 5.69 Å². The van der Waals surface area contributed by atoms with Gasteiger partial charge in [-0.3, -0.25) is 9.78 Å². The Morgan fingerprint density at radius 3 is 2.80 bits per heavy atom. The molecule has 7 heteroatoms. The summed E-state index contributed by atoms with van der Waals surface area (Å²) in [6.07, 6.45) is 3.87. The molecule has 0 saturated heterocycles. The van der Waals surface area contributed by atoms with Crippen LogP contribution in [0.4, 0.5) is 0 Å². The van der Waals surface area contributed by atoms with Crippen molar-refractivity contribution in [3.8, 4) is 0 Å². The van der Waals surface area contributed by atoms with Crippen molar-refractivity contribution in [2.24, 2.45) is 0 Å². The van der Waals surface area contributed by atoms with Crippen LogP contribution in [0.5, 0.6) is 0 Å². The standard InChI is InChI=1S/C13H13N3O4/c17-10-5-8(15-13(19)16-10)6-20-12(18)11-9(3-4-14-11)7-1-2-7/h3-5,7,14H,1-2,6H2,(H2,15,16,17,19). The Labute approximate surface area is 113 Å². The summed E-state index contributed by atoms with van der Waals surface area (Å²) in [6, 6.07) is 3.06. The van der Waals surface area contributed by atoms with Gasteiger partial charge in [-0.25, -0.2) is 9.59 Å². The zero-order chi connectivity index (χ0) is 14.1. The van der Waals surface area contributed by atoms with Crippen molar-refractivity contribution >= 4 is 5.97 Å². The molecule has 3 N–H and O–H groups in total. The fraction of sp³-hybridized carbons (Fsp3) is 0.308. The number of nitrogens with one attached hydrogen (secondary N) is 3. The second-order valence-electron chi connectivity index (χ2n) is 4.77. The largest absolute Gasteiger partial charge is 0.455 e. The molecule has 104 valence electrons. The van der Waals surface area contributed by atoms with Crippen molar-refractivity contribution < 1.29 is 9.53 Å². The number of H-pyrrole nitrogens is 3. The topological polar surface area (TPSA) is 108 Å². The van der Waals surface area contributed by atoms with Gasteiger partial charge in [0.15, 0.2) is 0 Å². The summed E-state index contributed by atoms with van der Waals surface area (Å²) in [7, 11) is 0. The highest BCUT2D eigenvalue weighted by Crippen LogP contribution is 2.41. The van der Waals surface area contributed by atoms with E-state index in [0.29, 0.717) is 11.6 Å². The average molecular weight is 275 g/mol. The molecule has 3 rings (SSSR count). The van der Waals surface area contributed by atoms with Crippen molar-refractivity contribution in [1.82, 2.24) is 15.0 Å². The molecular weight excluding hydrogens is 262 g/mol. The van der Waals surface area contributed by atoms with Crippen LogP contribution in [0.25, 0.3) is 0 Å². The Morgan fingerprint density at radius 1 is 1.30 bits per heavy atom.